The molecule has 0 spiro atoms. The summed E-state index contributed by atoms with van der Waals surface area (Å²) in [7, 11) is 1.54. The molecule has 0 atom stereocenters. The molecule has 0 aliphatic carbocycles. The van der Waals surface area contributed by atoms with Crippen LogP contribution in [0.1, 0.15) is 15.2 Å². The number of benzene rings is 2. The van der Waals surface area contributed by atoms with Crippen LogP contribution >= 0.6 is 22.9 Å². The second kappa shape index (κ2) is 5.47. The van der Waals surface area contributed by atoms with Crippen LogP contribution in [-0.4, -0.2) is 12.9 Å². The summed E-state index contributed by atoms with van der Waals surface area (Å²) in [5, 5.41) is 1.18. The number of carbonyl (C=O) groups is 1. The van der Waals surface area contributed by atoms with Crippen LogP contribution in [0.3, 0.4) is 0 Å². The minimum Gasteiger partial charge on any atom is -0.497 e. The Morgan fingerprint density at radius 2 is 2.00 bits per heavy atom. The molecule has 0 saturated carbocycles. The lowest BCUT2D eigenvalue weighted by Gasteiger charge is -2.04. The van der Waals surface area contributed by atoms with Crippen molar-refractivity contribution in [2.24, 2.45) is 0 Å². The number of hydrogen-bond acceptors (Lipinski definition) is 3. The van der Waals surface area contributed by atoms with Gasteiger partial charge in [0.25, 0.3) is 0 Å². The van der Waals surface area contributed by atoms with Gasteiger partial charge in [-0.05, 0) is 41.8 Å². The first-order chi connectivity index (χ1) is 10.1. The number of carbonyl (C=O) groups excluding carboxylic acids is 1. The number of ether oxygens (including phenoxy) is 1. The molecular weight excluding hydrogens is 311 g/mol. The van der Waals surface area contributed by atoms with Gasteiger partial charge in [-0.25, -0.2) is 4.39 Å². The third kappa shape index (κ3) is 2.64. The zero-order valence-corrected chi connectivity index (χ0v) is 12.6. The lowest BCUT2D eigenvalue weighted by molar-refractivity contribution is 0.104. The van der Waals surface area contributed by atoms with Crippen molar-refractivity contribution in [3.05, 3.63) is 63.7 Å². The topological polar surface area (TPSA) is 26.3 Å². The van der Waals surface area contributed by atoms with Gasteiger partial charge in [0.05, 0.1) is 17.0 Å². The minimum atomic E-state index is -0.314. The summed E-state index contributed by atoms with van der Waals surface area (Å²) in [5.74, 6) is 0.102. The van der Waals surface area contributed by atoms with E-state index < -0.39 is 0 Å². The fourth-order valence-corrected chi connectivity index (χ4v) is 3.35. The zero-order chi connectivity index (χ0) is 15.0. The highest BCUT2D eigenvalue weighted by molar-refractivity contribution is 7.21. The number of halogens is 2. The van der Waals surface area contributed by atoms with Gasteiger partial charge in [-0.2, -0.15) is 0 Å². The van der Waals surface area contributed by atoms with Crippen LogP contribution in [0.4, 0.5) is 4.39 Å². The maximum atomic E-state index is 13.2. The Morgan fingerprint density at radius 3 is 2.71 bits per heavy atom. The van der Waals surface area contributed by atoms with E-state index in [1.54, 1.807) is 30.3 Å². The van der Waals surface area contributed by atoms with Gasteiger partial charge in [-0.15, -0.1) is 11.3 Å². The monoisotopic (exact) mass is 320 g/mol. The van der Waals surface area contributed by atoms with Crippen LogP contribution < -0.4 is 4.74 Å². The Hall–Kier alpha value is -1.91. The molecule has 0 unspecified atom stereocenters. The van der Waals surface area contributed by atoms with E-state index in [2.05, 4.69) is 0 Å². The molecule has 21 heavy (non-hydrogen) atoms. The predicted molar refractivity (Wildman–Crippen MR) is 83.2 cm³/mol. The molecule has 2 aromatic carbocycles. The van der Waals surface area contributed by atoms with Gasteiger partial charge in [0.15, 0.2) is 0 Å². The smallest absolute Gasteiger partial charge is 0.204 e. The van der Waals surface area contributed by atoms with Crippen molar-refractivity contribution < 1.29 is 13.9 Å². The highest BCUT2D eigenvalue weighted by Gasteiger charge is 2.16. The van der Waals surface area contributed by atoms with Crippen molar-refractivity contribution in [3.63, 3.8) is 0 Å². The molecule has 0 fully saturated rings. The first-order valence-electron chi connectivity index (χ1n) is 6.16. The van der Waals surface area contributed by atoms with Gasteiger partial charge in [0.2, 0.25) is 5.78 Å². The summed E-state index contributed by atoms with van der Waals surface area (Å²) in [5.41, 5.74) is 0.407. The molecular formula is C16H10ClFO2S. The van der Waals surface area contributed by atoms with Crippen LogP contribution in [-0.2, 0) is 0 Å². The average Bonchev–Trinajstić information content (AvgIpc) is 2.89. The predicted octanol–water partition coefficient (Wildman–Crippen LogP) is 4.93. The molecule has 1 aromatic heterocycles. The minimum absolute atomic E-state index is 0.177. The van der Waals surface area contributed by atoms with E-state index in [0.29, 0.717) is 21.2 Å². The number of methoxy groups -OCH3 is 1. The van der Waals surface area contributed by atoms with Gasteiger partial charge >= 0.3 is 0 Å². The van der Waals surface area contributed by atoms with Gasteiger partial charge in [0.1, 0.15) is 11.6 Å². The first-order valence-corrected chi connectivity index (χ1v) is 7.35. The highest BCUT2D eigenvalue weighted by Crippen LogP contribution is 2.31. The molecule has 2 nitrogen and oxygen atoms in total. The SMILES string of the molecule is COc1ccc(C(=O)c2cc3ccc(F)cc3s2)c(Cl)c1. The van der Waals surface area contributed by atoms with Crippen molar-refractivity contribution >= 4 is 38.8 Å². The number of thiophene rings is 1. The van der Waals surface area contributed by atoms with Crippen LogP contribution in [0.25, 0.3) is 10.1 Å². The van der Waals surface area contributed by atoms with Crippen LogP contribution in [0.15, 0.2) is 42.5 Å². The third-order valence-corrected chi connectivity index (χ3v) is 4.54. The number of fused-ring (bicyclic) bond motifs is 1. The molecule has 106 valence electrons. The van der Waals surface area contributed by atoms with Gasteiger partial charge < -0.3 is 4.74 Å². The summed E-state index contributed by atoms with van der Waals surface area (Å²) >= 11 is 7.37. The van der Waals surface area contributed by atoms with Gasteiger partial charge in [-0.3, -0.25) is 4.79 Å². The summed E-state index contributed by atoms with van der Waals surface area (Å²) in [6.45, 7) is 0. The molecule has 0 bridgehead atoms. The van der Waals surface area contributed by atoms with Crippen LogP contribution in [0, 0.1) is 5.82 Å². The van der Waals surface area contributed by atoms with E-state index in [1.165, 1.54) is 30.6 Å². The molecule has 3 aromatic rings. The molecule has 0 aliphatic rings. The van der Waals surface area contributed by atoms with Crippen LogP contribution in [0.5, 0.6) is 5.75 Å². The Balaban J connectivity index is 2.03. The molecule has 3 rings (SSSR count). The average molecular weight is 321 g/mol. The van der Waals surface area contributed by atoms with Crippen molar-refractivity contribution in [1.82, 2.24) is 0 Å². The van der Waals surface area contributed by atoms with Crippen molar-refractivity contribution in [3.8, 4) is 5.75 Å². The lowest BCUT2D eigenvalue weighted by Crippen LogP contribution is -1.99. The summed E-state index contributed by atoms with van der Waals surface area (Å²) in [6, 6.07) is 11.1. The van der Waals surface area contributed by atoms with Crippen molar-refractivity contribution in [1.29, 1.82) is 0 Å². The van der Waals surface area contributed by atoms with Crippen LogP contribution in [0.2, 0.25) is 5.02 Å². The van der Waals surface area contributed by atoms with Gasteiger partial charge in [-0.1, -0.05) is 17.7 Å². The van der Waals surface area contributed by atoms with E-state index in [4.69, 9.17) is 16.3 Å². The molecule has 1 heterocycles. The standard InChI is InChI=1S/C16H10ClFO2S/c1-20-11-4-5-12(13(17)8-11)16(19)15-6-9-2-3-10(18)7-14(9)21-15/h2-8H,1H3. The van der Waals surface area contributed by atoms with E-state index >= 15 is 0 Å². The van der Waals surface area contributed by atoms with E-state index in [9.17, 15) is 9.18 Å². The van der Waals surface area contributed by atoms with Crippen molar-refractivity contribution in [2.75, 3.05) is 7.11 Å². The molecule has 5 heteroatoms. The Bertz CT molecular complexity index is 841. The van der Waals surface area contributed by atoms with E-state index in [1.807, 2.05) is 0 Å². The van der Waals surface area contributed by atoms with Crippen molar-refractivity contribution in [2.45, 2.75) is 0 Å². The number of rotatable bonds is 3. The third-order valence-electron chi connectivity index (χ3n) is 3.13. The number of hydrogen-bond donors (Lipinski definition) is 0. The van der Waals surface area contributed by atoms with E-state index in [-0.39, 0.29) is 11.6 Å². The lowest BCUT2D eigenvalue weighted by atomic mass is 10.1. The largest absolute Gasteiger partial charge is 0.497 e. The molecule has 0 saturated heterocycles. The molecule has 0 amide bonds. The fourth-order valence-electron chi connectivity index (χ4n) is 2.06. The summed E-state index contributed by atoms with van der Waals surface area (Å²) < 4.78 is 19.0. The first kappa shape index (κ1) is 14.0. The highest BCUT2D eigenvalue weighted by atomic mass is 35.5. The van der Waals surface area contributed by atoms with Gasteiger partial charge in [0, 0.05) is 10.3 Å². The summed E-state index contributed by atoms with van der Waals surface area (Å²) in [6.07, 6.45) is 0. The Labute approximate surface area is 129 Å². The quantitative estimate of drug-likeness (QED) is 0.639. The normalized spacial score (nSPS) is 10.8. The number of ketones is 1. The van der Waals surface area contributed by atoms with E-state index in [0.717, 1.165) is 10.1 Å². The molecule has 0 N–H and O–H groups in total. The Kier molecular flexibility index (Phi) is 3.66. The second-order valence-corrected chi connectivity index (χ2v) is 5.96. The second-order valence-electron chi connectivity index (χ2n) is 4.47. The zero-order valence-electron chi connectivity index (χ0n) is 11.0. The maximum absolute atomic E-state index is 13.2. The molecule has 0 aliphatic heterocycles. The summed E-state index contributed by atoms with van der Waals surface area (Å²) in [4.78, 5) is 13.0. The molecule has 0 radical (unpaired) electrons. The fraction of sp³-hybridized carbons (Fsp3) is 0.0625. The maximum Gasteiger partial charge on any atom is 0.204 e. The Morgan fingerprint density at radius 1 is 1.19 bits per heavy atom.